The highest BCUT2D eigenvalue weighted by Gasteiger charge is 2.08. The van der Waals surface area contributed by atoms with Crippen LogP contribution in [0.5, 0.6) is 0 Å². The van der Waals surface area contributed by atoms with Crippen LogP contribution in [-0.2, 0) is 12.8 Å². The zero-order chi connectivity index (χ0) is 12.1. The Morgan fingerprint density at radius 3 is 2.06 bits per heavy atom. The largest absolute Gasteiger partial charge is 0.330 e. The van der Waals surface area contributed by atoms with Crippen LogP contribution in [0.3, 0.4) is 0 Å². The fraction of sp³-hybridized carbons (Fsp3) is 0.692. The molecule has 16 heavy (non-hydrogen) atoms. The second-order valence-corrected chi connectivity index (χ2v) is 4.76. The van der Waals surface area contributed by atoms with Crippen LogP contribution in [0.2, 0.25) is 0 Å². The van der Waals surface area contributed by atoms with Gasteiger partial charge in [0.05, 0.1) is 0 Å². The third kappa shape index (κ3) is 3.56. The molecule has 0 saturated carbocycles. The molecule has 0 aliphatic carbocycles. The van der Waals surface area contributed by atoms with Crippen molar-refractivity contribution in [3.8, 4) is 0 Å². The Kier molecular flexibility index (Phi) is 4.87. The first kappa shape index (κ1) is 13.1. The molecule has 1 aromatic rings. The van der Waals surface area contributed by atoms with Crippen molar-refractivity contribution in [1.82, 2.24) is 9.97 Å². The van der Waals surface area contributed by atoms with Gasteiger partial charge >= 0.3 is 0 Å². The summed E-state index contributed by atoms with van der Waals surface area (Å²) in [5.41, 5.74) is 8.99. The Balaban J connectivity index is 2.82. The van der Waals surface area contributed by atoms with Crippen molar-refractivity contribution in [3.63, 3.8) is 0 Å². The number of rotatable bonds is 5. The van der Waals surface area contributed by atoms with Gasteiger partial charge in [-0.05, 0) is 44.7 Å². The maximum atomic E-state index is 5.58. The molecule has 3 heteroatoms. The van der Waals surface area contributed by atoms with Crippen LogP contribution in [-0.4, -0.2) is 16.5 Å². The lowest BCUT2D eigenvalue weighted by Crippen LogP contribution is -2.11. The molecule has 2 N–H and O–H groups in total. The van der Waals surface area contributed by atoms with Crippen LogP contribution >= 0.6 is 0 Å². The van der Waals surface area contributed by atoms with Crippen LogP contribution in [0.4, 0.5) is 0 Å². The SMILES string of the molecule is Cc1nc(CCC(C)C)nc(C)c1CCN. The van der Waals surface area contributed by atoms with Gasteiger partial charge in [0.25, 0.3) is 0 Å². The maximum Gasteiger partial charge on any atom is 0.128 e. The molecule has 0 unspecified atom stereocenters. The standard InChI is InChI=1S/C13H23N3/c1-9(2)5-6-13-15-10(3)12(7-8-14)11(4)16-13/h9H,5-8,14H2,1-4H3. The van der Waals surface area contributed by atoms with Gasteiger partial charge in [0, 0.05) is 17.8 Å². The topological polar surface area (TPSA) is 51.8 Å². The van der Waals surface area contributed by atoms with Gasteiger partial charge in [-0.1, -0.05) is 13.8 Å². The molecular weight excluding hydrogens is 198 g/mol. The Morgan fingerprint density at radius 2 is 1.62 bits per heavy atom. The van der Waals surface area contributed by atoms with E-state index in [1.807, 2.05) is 0 Å². The summed E-state index contributed by atoms with van der Waals surface area (Å²) in [4.78, 5) is 9.12. The molecule has 0 atom stereocenters. The summed E-state index contributed by atoms with van der Waals surface area (Å²) in [6, 6.07) is 0. The molecule has 0 fully saturated rings. The summed E-state index contributed by atoms with van der Waals surface area (Å²) in [6.45, 7) is 9.22. The monoisotopic (exact) mass is 221 g/mol. The summed E-state index contributed by atoms with van der Waals surface area (Å²) >= 11 is 0. The molecular formula is C13H23N3. The Hall–Kier alpha value is -0.960. The molecule has 1 aromatic heterocycles. The Morgan fingerprint density at radius 1 is 1.06 bits per heavy atom. The average Bonchev–Trinajstić information content (AvgIpc) is 2.20. The first-order valence-electron chi connectivity index (χ1n) is 6.07. The molecule has 0 saturated heterocycles. The minimum absolute atomic E-state index is 0.663. The maximum absolute atomic E-state index is 5.58. The lowest BCUT2D eigenvalue weighted by Gasteiger charge is -2.10. The molecule has 0 aromatic carbocycles. The van der Waals surface area contributed by atoms with Crippen LogP contribution in [0.15, 0.2) is 0 Å². The van der Waals surface area contributed by atoms with Crippen LogP contribution in [0.1, 0.15) is 43.0 Å². The first-order chi connectivity index (χ1) is 7.54. The predicted molar refractivity (Wildman–Crippen MR) is 67.4 cm³/mol. The highest BCUT2D eigenvalue weighted by Crippen LogP contribution is 2.12. The summed E-state index contributed by atoms with van der Waals surface area (Å²) in [5, 5.41) is 0. The molecule has 0 aliphatic rings. The van der Waals surface area contributed by atoms with E-state index in [1.54, 1.807) is 0 Å². The van der Waals surface area contributed by atoms with E-state index in [0.29, 0.717) is 12.5 Å². The number of nitrogens with zero attached hydrogens (tertiary/aromatic N) is 2. The highest BCUT2D eigenvalue weighted by atomic mass is 14.9. The first-order valence-corrected chi connectivity index (χ1v) is 6.07. The van der Waals surface area contributed by atoms with E-state index >= 15 is 0 Å². The van der Waals surface area contributed by atoms with Gasteiger partial charge in [-0.2, -0.15) is 0 Å². The molecule has 0 aliphatic heterocycles. The van der Waals surface area contributed by atoms with E-state index in [0.717, 1.165) is 36.5 Å². The summed E-state index contributed by atoms with van der Waals surface area (Å²) < 4.78 is 0. The fourth-order valence-electron chi connectivity index (χ4n) is 1.84. The predicted octanol–water partition coefficient (Wildman–Crippen LogP) is 2.18. The lowest BCUT2D eigenvalue weighted by atomic mass is 10.1. The number of hydrogen-bond donors (Lipinski definition) is 1. The van der Waals surface area contributed by atoms with Gasteiger partial charge in [0.1, 0.15) is 5.82 Å². The minimum atomic E-state index is 0.663. The smallest absolute Gasteiger partial charge is 0.128 e. The third-order valence-electron chi connectivity index (χ3n) is 2.81. The van der Waals surface area contributed by atoms with Gasteiger partial charge in [-0.15, -0.1) is 0 Å². The van der Waals surface area contributed by atoms with E-state index in [2.05, 4.69) is 37.7 Å². The highest BCUT2D eigenvalue weighted by molar-refractivity contribution is 5.24. The van der Waals surface area contributed by atoms with Gasteiger partial charge in [-0.3, -0.25) is 0 Å². The van der Waals surface area contributed by atoms with E-state index in [9.17, 15) is 0 Å². The fourth-order valence-corrected chi connectivity index (χ4v) is 1.84. The molecule has 1 heterocycles. The summed E-state index contributed by atoms with van der Waals surface area (Å²) in [6.07, 6.45) is 3.00. The van der Waals surface area contributed by atoms with E-state index in [-0.39, 0.29) is 0 Å². The van der Waals surface area contributed by atoms with Gasteiger partial charge in [-0.25, -0.2) is 9.97 Å². The van der Waals surface area contributed by atoms with Gasteiger partial charge in [0.2, 0.25) is 0 Å². The molecule has 0 radical (unpaired) electrons. The molecule has 0 amide bonds. The molecule has 3 nitrogen and oxygen atoms in total. The number of aryl methyl sites for hydroxylation is 3. The van der Waals surface area contributed by atoms with Crippen molar-refractivity contribution in [3.05, 3.63) is 22.8 Å². The molecule has 1 rings (SSSR count). The normalized spacial score (nSPS) is 11.1. The third-order valence-corrected chi connectivity index (χ3v) is 2.81. The van der Waals surface area contributed by atoms with Crippen molar-refractivity contribution in [2.45, 2.75) is 47.0 Å². The van der Waals surface area contributed by atoms with Gasteiger partial charge in [0.15, 0.2) is 0 Å². The van der Waals surface area contributed by atoms with Crippen LogP contribution in [0, 0.1) is 19.8 Å². The zero-order valence-electron chi connectivity index (χ0n) is 10.9. The number of aromatic nitrogens is 2. The van der Waals surface area contributed by atoms with E-state index < -0.39 is 0 Å². The van der Waals surface area contributed by atoms with Crippen LogP contribution < -0.4 is 5.73 Å². The van der Waals surface area contributed by atoms with Crippen molar-refractivity contribution >= 4 is 0 Å². The van der Waals surface area contributed by atoms with E-state index in [1.165, 1.54) is 5.56 Å². The minimum Gasteiger partial charge on any atom is -0.330 e. The number of nitrogens with two attached hydrogens (primary N) is 1. The average molecular weight is 221 g/mol. The Labute approximate surface area is 98.5 Å². The second-order valence-electron chi connectivity index (χ2n) is 4.76. The molecule has 0 bridgehead atoms. The van der Waals surface area contributed by atoms with Crippen molar-refractivity contribution in [2.75, 3.05) is 6.54 Å². The molecule has 90 valence electrons. The van der Waals surface area contributed by atoms with E-state index in [4.69, 9.17) is 5.73 Å². The van der Waals surface area contributed by atoms with Crippen molar-refractivity contribution in [1.29, 1.82) is 0 Å². The summed E-state index contributed by atoms with van der Waals surface area (Å²) in [5.74, 6) is 1.68. The lowest BCUT2D eigenvalue weighted by molar-refractivity contribution is 0.572. The summed E-state index contributed by atoms with van der Waals surface area (Å²) in [7, 11) is 0. The quantitative estimate of drug-likeness (QED) is 0.829. The second kappa shape index (κ2) is 5.94. The Bertz CT molecular complexity index is 322. The van der Waals surface area contributed by atoms with Crippen molar-refractivity contribution < 1.29 is 0 Å². The number of hydrogen-bond acceptors (Lipinski definition) is 3. The van der Waals surface area contributed by atoms with Gasteiger partial charge < -0.3 is 5.73 Å². The zero-order valence-corrected chi connectivity index (χ0v) is 10.9. The molecule has 0 spiro atoms. The van der Waals surface area contributed by atoms with Crippen LogP contribution in [0.25, 0.3) is 0 Å². The van der Waals surface area contributed by atoms with Crippen molar-refractivity contribution in [2.24, 2.45) is 11.7 Å².